The van der Waals surface area contributed by atoms with Gasteiger partial charge in [0.1, 0.15) is 5.75 Å². The van der Waals surface area contributed by atoms with Gasteiger partial charge in [0.15, 0.2) is 6.61 Å². The van der Waals surface area contributed by atoms with Gasteiger partial charge in [-0.05, 0) is 42.5 Å². The number of para-hydroxylation sites is 1. The lowest BCUT2D eigenvalue weighted by molar-refractivity contribution is -0.154. The van der Waals surface area contributed by atoms with E-state index in [1.54, 1.807) is 17.9 Å². The number of aromatic nitrogens is 2. The second-order valence-corrected chi connectivity index (χ2v) is 5.96. The zero-order valence-electron chi connectivity index (χ0n) is 16.1. The Balaban J connectivity index is 1.91. The number of benzene rings is 2. The summed E-state index contributed by atoms with van der Waals surface area (Å²) in [6.45, 7) is -0.436. The first-order chi connectivity index (χ1) is 14.1. The van der Waals surface area contributed by atoms with E-state index >= 15 is 0 Å². The van der Waals surface area contributed by atoms with Gasteiger partial charge >= 0.3 is 11.9 Å². The lowest BCUT2D eigenvalue weighted by atomic mass is 10.1. The van der Waals surface area contributed by atoms with Crippen LogP contribution in [0.25, 0.3) is 23.0 Å². The standard InChI is InChI=1S/C22H20N2O5/c1-27-19-11-8-16(9-12-19)22-17(10-13-20(25)29-15-21(26)28-2)14-24(23-22)18-6-4-3-5-7-18/h3-14H,15H2,1-2H3/b13-10+. The Morgan fingerprint density at radius 2 is 1.76 bits per heavy atom. The summed E-state index contributed by atoms with van der Waals surface area (Å²) >= 11 is 0. The number of hydrogen-bond acceptors (Lipinski definition) is 6. The van der Waals surface area contributed by atoms with Gasteiger partial charge in [0.2, 0.25) is 0 Å². The minimum atomic E-state index is -0.649. The monoisotopic (exact) mass is 392 g/mol. The van der Waals surface area contributed by atoms with E-state index < -0.39 is 18.5 Å². The molecule has 0 fully saturated rings. The largest absolute Gasteiger partial charge is 0.497 e. The lowest BCUT2D eigenvalue weighted by Gasteiger charge is -2.03. The molecule has 3 rings (SSSR count). The van der Waals surface area contributed by atoms with Gasteiger partial charge in [-0.3, -0.25) is 0 Å². The SMILES string of the molecule is COC(=O)COC(=O)/C=C/c1cn(-c2ccccc2)nc1-c1ccc(OC)cc1. The third-order valence-corrected chi connectivity index (χ3v) is 4.09. The van der Waals surface area contributed by atoms with E-state index in [-0.39, 0.29) is 0 Å². The lowest BCUT2D eigenvalue weighted by Crippen LogP contribution is -2.13. The maximum Gasteiger partial charge on any atom is 0.344 e. The van der Waals surface area contributed by atoms with Gasteiger partial charge < -0.3 is 14.2 Å². The van der Waals surface area contributed by atoms with Crippen molar-refractivity contribution in [3.63, 3.8) is 0 Å². The number of ether oxygens (including phenoxy) is 3. The van der Waals surface area contributed by atoms with Crippen LogP contribution in [0, 0.1) is 0 Å². The second kappa shape index (κ2) is 9.36. The molecule has 0 radical (unpaired) electrons. The van der Waals surface area contributed by atoms with Gasteiger partial charge in [-0.2, -0.15) is 5.10 Å². The summed E-state index contributed by atoms with van der Waals surface area (Å²) in [7, 11) is 2.83. The molecule has 0 aliphatic rings. The molecule has 2 aromatic carbocycles. The summed E-state index contributed by atoms with van der Waals surface area (Å²) in [5.74, 6) is -0.536. The fraction of sp³-hybridized carbons (Fsp3) is 0.136. The number of nitrogens with zero attached hydrogens (tertiary/aromatic N) is 2. The predicted octanol–water partition coefficient (Wildman–Crippen LogP) is 3.28. The summed E-state index contributed by atoms with van der Waals surface area (Å²) in [4.78, 5) is 23.0. The van der Waals surface area contributed by atoms with Crippen molar-refractivity contribution in [3.05, 3.63) is 72.4 Å². The van der Waals surface area contributed by atoms with Crippen molar-refractivity contribution in [3.8, 4) is 22.7 Å². The molecule has 0 bridgehead atoms. The molecule has 0 N–H and O–H groups in total. The highest BCUT2D eigenvalue weighted by molar-refractivity contribution is 5.90. The van der Waals surface area contributed by atoms with Gasteiger partial charge in [-0.1, -0.05) is 18.2 Å². The minimum absolute atomic E-state index is 0.436. The highest BCUT2D eigenvalue weighted by atomic mass is 16.6. The first-order valence-corrected chi connectivity index (χ1v) is 8.82. The van der Waals surface area contributed by atoms with Crippen LogP contribution in [0.3, 0.4) is 0 Å². The number of carbonyl (C=O) groups is 2. The van der Waals surface area contributed by atoms with E-state index in [0.717, 1.165) is 17.0 Å². The van der Waals surface area contributed by atoms with Crippen LogP contribution >= 0.6 is 0 Å². The van der Waals surface area contributed by atoms with Crippen LogP contribution in [0.2, 0.25) is 0 Å². The summed E-state index contributed by atoms with van der Waals surface area (Å²) in [6.07, 6.45) is 4.67. The van der Waals surface area contributed by atoms with Crippen LogP contribution < -0.4 is 4.74 Å². The molecule has 0 spiro atoms. The van der Waals surface area contributed by atoms with Crippen LogP contribution in [-0.4, -0.2) is 42.5 Å². The average Bonchev–Trinajstić information content (AvgIpc) is 3.21. The van der Waals surface area contributed by atoms with Crippen molar-refractivity contribution in [2.24, 2.45) is 0 Å². The topological polar surface area (TPSA) is 79.7 Å². The molecule has 0 saturated carbocycles. The number of esters is 2. The van der Waals surface area contributed by atoms with E-state index in [9.17, 15) is 9.59 Å². The first-order valence-electron chi connectivity index (χ1n) is 8.82. The molecule has 0 atom stereocenters. The molecule has 0 amide bonds. The van der Waals surface area contributed by atoms with Gasteiger partial charge in [-0.25, -0.2) is 14.3 Å². The maximum absolute atomic E-state index is 11.9. The molecule has 0 aliphatic carbocycles. The third-order valence-electron chi connectivity index (χ3n) is 4.09. The normalized spacial score (nSPS) is 10.7. The summed E-state index contributed by atoms with van der Waals surface area (Å²) < 4.78 is 16.2. The summed E-state index contributed by atoms with van der Waals surface area (Å²) in [5, 5.41) is 4.67. The minimum Gasteiger partial charge on any atom is -0.497 e. The number of methoxy groups -OCH3 is 2. The number of rotatable bonds is 7. The smallest absolute Gasteiger partial charge is 0.344 e. The Morgan fingerprint density at radius 3 is 2.41 bits per heavy atom. The molecule has 0 unspecified atom stereocenters. The molecule has 3 aromatic rings. The second-order valence-electron chi connectivity index (χ2n) is 5.96. The van der Waals surface area contributed by atoms with Gasteiger partial charge in [0.05, 0.1) is 25.6 Å². The molecule has 7 nitrogen and oxygen atoms in total. The first kappa shape index (κ1) is 19.9. The van der Waals surface area contributed by atoms with E-state index in [1.165, 1.54) is 13.2 Å². The molecule has 0 saturated heterocycles. The fourth-order valence-corrected chi connectivity index (χ4v) is 2.59. The van der Waals surface area contributed by atoms with Crippen LogP contribution in [0.1, 0.15) is 5.56 Å². The highest BCUT2D eigenvalue weighted by Crippen LogP contribution is 2.26. The van der Waals surface area contributed by atoms with E-state index in [4.69, 9.17) is 9.47 Å². The van der Waals surface area contributed by atoms with Crippen LogP contribution in [-0.2, 0) is 19.1 Å². The van der Waals surface area contributed by atoms with Crippen molar-refractivity contribution in [2.75, 3.05) is 20.8 Å². The Kier molecular flexibility index (Phi) is 6.42. The van der Waals surface area contributed by atoms with Crippen LogP contribution in [0.15, 0.2) is 66.9 Å². The molecule has 1 aromatic heterocycles. The Bertz CT molecular complexity index is 1010. The number of carbonyl (C=O) groups excluding carboxylic acids is 2. The Hall–Kier alpha value is -3.87. The predicted molar refractivity (Wildman–Crippen MR) is 108 cm³/mol. The van der Waals surface area contributed by atoms with Crippen molar-refractivity contribution < 1.29 is 23.8 Å². The van der Waals surface area contributed by atoms with Gasteiger partial charge in [0.25, 0.3) is 0 Å². The van der Waals surface area contributed by atoms with Crippen molar-refractivity contribution in [1.82, 2.24) is 9.78 Å². The molecule has 1 heterocycles. The van der Waals surface area contributed by atoms with Gasteiger partial charge in [0, 0.05) is 23.4 Å². The molecular weight excluding hydrogens is 372 g/mol. The van der Waals surface area contributed by atoms with Crippen molar-refractivity contribution in [2.45, 2.75) is 0 Å². The Labute approximate surface area is 168 Å². The molecule has 7 heteroatoms. The maximum atomic E-state index is 11.9. The quantitative estimate of drug-likeness (QED) is 0.454. The molecule has 29 heavy (non-hydrogen) atoms. The Morgan fingerprint density at radius 1 is 1.03 bits per heavy atom. The van der Waals surface area contributed by atoms with E-state index in [1.807, 2.05) is 60.8 Å². The molecule has 148 valence electrons. The summed E-state index contributed by atoms with van der Waals surface area (Å²) in [5.41, 5.74) is 3.15. The zero-order chi connectivity index (χ0) is 20.6. The third kappa shape index (κ3) is 5.10. The molecule has 0 aliphatic heterocycles. The zero-order valence-corrected chi connectivity index (χ0v) is 16.1. The van der Waals surface area contributed by atoms with E-state index in [2.05, 4.69) is 9.84 Å². The van der Waals surface area contributed by atoms with Gasteiger partial charge in [-0.15, -0.1) is 0 Å². The fourth-order valence-electron chi connectivity index (χ4n) is 2.59. The van der Waals surface area contributed by atoms with E-state index in [0.29, 0.717) is 11.3 Å². The summed E-state index contributed by atoms with van der Waals surface area (Å²) in [6, 6.07) is 17.1. The average molecular weight is 392 g/mol. The van der Waals surface area contributed by atoms with Crippen molar-refractivity contribution >= 4 is 18.0 Å². The van der Waals surface area contributed by atoms with Crippen molar-refractivity contribution in [1.29, 1.82) is 0 Å². The molecular formula is C22H20N2O5. The van der Waals surface area contributed by atoms with Crippen LogP contribution in [0.4, 0.5) is 0 Å². The van der Waals surface area contributed by atoms with Crippen LogP contribution in [0.5, 0.6) is 5.75 Å². The highest BCUT2D eigenvalue weighted by Gasteiger charge is 2.12. The number of hydrogen-bond donors (Lipinski definition) is 0.